The van der Waals surface area contributed by atoms with Crippen LogP contribution < -0.4 is 4.74 Å². The number of sulfone groups is 1. The predicted octanol–water partition coefficient (Wildman–Crippen LogP) is 2.37. The largest absolute Gasteiger partial charge is 0.457 e. The minimum Gasteiger partial charge on any atom is -0.457 e. The number of benzene rings is 2. The Morgan fingerprint density at radius 1 is 1.04 bits per heavy atom. The molecule has 0 radical (unpaired) electrons. The van der Waals surface area contributed by atoms with Gasteiger partial charge in [0.15, 0.2) is 6.61 Å². The number of carbonyl (C=O) groups excluding carboxylic acids is 2. The molecule has 2 aromatic rings. The molecule has 3 rings (SSSR count). The third-order valence-corrected chi connectivity index (χ3v) is 5.19. The fourth-order valence-electron chi connectivity index (χ4n) is 2.32. The van der Waals surface area contributed by atoms with Gasteiger partial charge in [-0.1, -0.05) is 18.2 Å². The maximum atomic E-state index is 12.8. The van der Waals surface area contributed by atoms with Crippen LogP contribution in [0.4, 0.5) is 0 Å². The standard InChI is InChI=1S/C16H12O6S/c1-10(17)21-9-12(18)11-5-4-7-14-16(11)23(19,20)15-8-3-2-6-13(15)22-14/h2-8H,9H2,1H3. The topological polar surface area (TPSA) is 86.7 Å². The van der Waals surface area contributed by atoms with Crippen molar-refractivity contribution in [1.82, 2.24) is 0 Å². The van der Waals surface area contributed by atoms with Crippen molar-refractivity contribution < 1.29 is 27.5 Å². The van der Waals surface area contributed by atoms with E-state index < -0.39 is 28.2 Å². The van der Waals surface area contributed by atoms with E-state index in [0.29, 0.717) is 0 Å². The fourth-order valence-corrected chi connectivity index (χ4v) is 4.02. The number of rotatable bonds is 3. The van der Waals surface area contributed by atoms with Gasteiger partial charge in [-0.05, 0) is 24.3 Å². The number of carbonyl (C=O) groups is 2. The number of hydrogen-bond acceptors (Lipinski definition) is 6. The molecule has 0 saturated heterocycles. The number of ether oxygens (including phenoxy) is 2. The third kappa shape index (κ3) is 2.59. The summed E-state index contributed by atoms with van der Waals surface area (Å²) in [4.78, 5) is 22.9. The summed E-state index contributed by atoms with van der Waals surface area (Å²) in [5.74, 6) is -0.932. The average molecular weight is 332 g/mol. The molecule has 23 heavy (non-hydrogen) atoms. The summed E-state index contributed by atoms with van der Waals surface area (Å²) >= 11 is 0. The highest BCUT2D eigenvalue weighted by atomic mass is 32.2. The van der Waals surface area contributed by atoms with E-state index in [1.54, 1.807) is 18.2 Å². The maximum Gasteiger partial charge on any atom is 0.303 e. The fraction of sp³-hybridized carbons (Fsp3) is 0.125. The Bertz CT molecular complexity index is 914. The smallest absolute Gasteiger partial charge is 0.303 e. The van der Waals surface area contributed by atoms with Crippen LogP contribution >= 0.6 is 0 Å². The molecule has 0 saturated carbocycles. The van der Waals surface area contributed by atoms with Gasteiger partial charge < -0.3 is 9.47 Å². The minimum absolute atomic E-state index is 0.000219. The molecule has 0 fully saturated rings. The lowest BCUT2D eigenvalue weighted by Crippen LogP contribution is -2.19. The summed E-state index contributed by atoms with van der Waals surface area (Å²) in [7, 11) is -3.90. The first kappa shape index (κ1) is 15.2. The molecule has 2 aromatic carbocycles. The predicted molar refractivity (Wildman–Crippen MR) is 79.4 cm³/mol. The van der Waals surface area contributed by atoms with Crippen LogP contribution in [0.25, 0.3) is 0 Å². The van der Waals surface area contributed by atoms with Gasteiger partial charge in [-0.15, -0.1) is 0 Å². The van der Waals surface area contributed by atoms with Crippen molar-refractivity contribution in [3.8, 4) is 11.5 Å². The van der Waals surface area contributed by atoms with Crippen molar-refractivity contribution >= 4 is 21.6 Å². The quantitative estimate of drug-likeness (QED) is 0.540. The Hall–Kier alpha value is -2.67. The molecule has 1 heterocycles. The minimum atomic E-state index is -3.90. The van der Waals surface area contributed by atoms with E-state index in [4.69, 9.17) is 4.74 Å². The molecule has 1 aliphatic rings. The lowest BCUT2D eigenvalue weighted by Gasteiger charge is -2.21. The molecule has 6 nitrogen and oxygen atoms in total. The van der Waals surface area contributed by atoms with Gasteiger partial charge in [0.1, 0.15) is 21.3 Å². The van der Waals surface area contributed by atoms with Gasteiger partial charge in [-0.3, -0.25) is 9.59 Å². The Balaban J connectivity index is 2.13. The number of para-hydroxylation sites is 1. The first-order chi connectivity index (χ1) is 10.9. The lowest BCUT2D eigenvalue weighted by atomic mass is 10.1. The van der Waals surface area contributed by atoms with Crippen molar-refractivity contribution in [3.05, 3.63) is 48.0 Å². The molecule has 0 atom stereocenters. The Labute approximate surface area is 132 Å². The summed E-state index contributed by atoms with van der Waals surface area (Å²) < 4.78 is 35.9. The van der Waals surface area contributed by atoms with Crippen LogP contribution in [0, 0.1) is 0 Å². The Morgan fingerprint density at radius 3 is 2.48 bits per heavy atom. The highest BCUT2D eigenvalue weighted by Crippen LogP contribution is 2.43. The number of esters is 1. The van der Waals surface area contributed by atoms with Crippen molar-refractivity contribution in [2.75, 3.05) is 6.61 Å². The SMILES string of the molecule is CC(=O)OCC(=O)c1cccc2c1S(=O)(=O)c1ccccc1O2. The van der Waals surface area contributed by atoms with Crippen molar-refractivity contribution in [2.24, 2.45) is 0 Å². The van der Waals surface area contributed by atoms with E-state index in [2.05, 4.69) is 4.74 Å². The average Bonchev–Trinajstić information content (AvgIpc) is 2.52. The second-order valence-corrected chi connectivity index (χ2v) is 6.74. The zero-order chi connectivity index (χ0) is 16.6. The molecular formula is C16H12O6S. The molecule has 118 valence electrons. The first-order valence-corrected chi connectivity index (χ1v) is 8.21. The Morgan fingerprint density at radius 2 is 1.74 bits per heavy atom. The zero-order valence-corrected chi connectivity index (χ0v) is 12.9. The van der Waals surface area contributed by atoms with Crippen LogP contribution in [-0.4, -0.2) is 26.8 Å². The molecule has 7 heteroatoms. The highest BCUT2D eigenvalue weighted by molar-refractivity contribution is 7.91. The van der Waals surface area contributed by atoms with Crippen LogP contribution in [-0.2, 0) is 19.4 Å². The molecule has 0 spiro atoms. The normalized spacial score (nSPS) is 14.1. The molecule has 0 bridgehead atoms. The van der Waals surface area contributed by atoms with Crippen LogP contribution in [0.1, 0.15) is 17.3 Å². The van der Waals surface area contributed by atoms with E-state index >= 15 is 0 Å². The molecule has 0 unspecified atom stereocenters. The Kier molecular flexibility index (Phi) is 3.65. The van der Waals surface area contributed by atoms with E-state index in [0.717, 1.165) is 0 Å². The number of ketones is 1. The second kappa shape index (κ2) is 5.51. The molecule has 0 amide bonds. The third-order valence-electron chi connectivity index (χ3n) is 3.31. The molecule has 1 aliphatic heterocycles. The van der Waals surface area contributed by atoms with Crippen LogP contribution in [0.3, 0.4) is 0 Å². The van der Waals surface area contributed by atoms with Crippen LogP contribution in [0.2, 0.25) is 0 Å². The lowest BCUT2D eigenvalue weighted by molar-refractivity contribution is -0.139. The van der Waals surface area contributed by atoms with Gasteiger partial charge in [0.25, 0.3) is 0 Å². The highest BCUT2D eigenvalue weighted by Gasteiger charge is 2.35. The second-order valence-electron chi connectivity index (χ2n) is 4.89. The van der Waals surface area contributed by atoms with Crippen LogP contribution in [0.15, 0.2) is 52.3 Å². The first-order valence-electron chi connectivity index (χ1n) is 6.73. The van der Waals surface area contributed by atoms with Crippen molar-refractivity contribution in [2.45, 2.75) is 16.7 Å². The molecule has 0 N–H and O–H groups in total. The summed E-state index contributed by atoms with van der Waals surface area (Å²) in [6.07, 6.45) is 0. The van der Waals surface area contributed by atoms with Gasteiger partial charge in [0.2, 0.25) is 15.6 Å². The molecule has 0 aromatic heterocycles. The maximum absolute atomic E-state index is 12.8. The van der Waals surface area contributed by atoms with Gasteiger partial charge >= 0.3 is 5.97 Å². The van der Waals surface area contributed by atoms with Crippen molar-refractivity contribution in [3.63, 3.8) is 0 Å². The summed E-state index contributed by atoms with van der Waals surface area (Å²) in [5.41, 5.74) is -0.0572. The van der Waals surface area contributed by atoms with Crippen LogP contribution in [0.5, 0.6) is 11.5 Å². The van der Waals surface area contributed by atoms with E-state index in [-0.39, 0.29) is 26.9 Å². The monoisotopic (exact) mass is 332 g/mol. The molecule has 0 aliphatic carbocycles. The van der Waals surface area contributed by atoms with Gasteiger partial charge in [-0.25, -0.2) is 8.42 Å². The van der Waals surface area contributed by atoms with Gasteiger partial charge in [-0.2, -0.15) is 0 Å². The number of fused-ring (bicyclic) bond motifs is 2. The number of hydrogen-bond donors (Lipinski definition) is 0. The molecular weight excluding hydrogens is 320 g/mol. The van der Waals surface area contributed by atoms with Crippen molar-refractivity contribution in [1.29, 1.82) is 0 Å². The van der Waals surface area contributed by atoms with Gasteiger partial charge in [0, 0.05) is 12.5 Å². The summed E-state index contributed by atoms with van der Waals surface area (Å²) in [5, 5.41) is 0. The summed E-state index contributed by atoms with van der Waals surface area (Å²) in [6.45, 7) is 0.646. The van der Waals surface area contributed by atoms with E-state index in [1.807, 2.05) is 0 Å². The number of Topliss-reactive ketones (excluding diaryl/α,β-unsaturated/α-hetero) is 1. The zero-order valence-electron chi connectivity index (χ0n) is 12.1. The summed E-state index contributed by atoms with van der Waals surface area (Å²) in [6, 6.07) is 10.6. The van der Waals surface area contributed by atoms with E-state index in [9.17, 15) is 18.0 Å². The van der Waals surface area contributed by atoms with E-state index in [1.165, 1.54) is 31.2 Å². The van der Waals surface area contributed by atoms with Gasteiger partial charge in [0.05, 0.1) is 0 Å².